The summed E-state index contributed by atoms with van der Waals surface area (Å²) in [4.78, 5) is 3.94. The molecule has 0 atom stereocenters. The van der Waals surface area contributed by atoms with E-state index in [-0.39, 0.29) is 12.4 Å². The number of pyridine rings is 1. The molecule has 0 aliphatic carbocycles. The molecule has 4 N–H and O–H groups in total. The van der Waals surface area contributed by atoms with Crippen molar-refractivity contribution in [1.82, 2.24) is 4.98 Å². The lowest BCUT2D eigenvalue weighted by molar-refractivity contribution is 0.229. The number of aromatic nitrogens is 1. The van der Waals surface area contributed by atoms with E-state index in [1.807, 2.05) is 0 Å². The molecule has 6 nitrogen and oxygen atoms in total. The predicted molar refractivity (Wildman–Crippen MR) is 53.9 cm³/mol. The Bertz CT molecular complexity index is 324. The molecular formula is C9H13N3O3. The van der Waals surface area contributed by atoms with Gasteiger partial charge in [0.2, 0.25) is 5.88 Å². The number of oxime groups is 1. The third-order valence-corrected chi connectivity index (χ3v) is 1.69. The molecule has 1 rings (SSSR count). The Balaban J connectivity index is 2.56. The maximum absolute atomic E-state index is 8.53. The summed E-state index contributed by atoms with van der Waals surface area (Å²) in [7, 11) is 0. The number of hydrogen-bond donors (Lipinski definition) is 3. The molecule has 0 saturated carbocycles. The molecule has 0 radical (unpaired) electrons. The zero-order valence-electron chi connectivity index (χ0n) is 8.13. The van der Waals surface area contributed by atoms with Gasteiger partial charge in [-0.25, -0.2) is 4.98 Å². The molecule has 0 bridgehead atoms. The van der Waals surface area contributed by atoms with Crippen LogP contribution >= 0.6 is 0 Å². The van der Waals surface area contributed by atoms with Crippen molar-refractivity contribution < 1.29 is 15.1 Å². The lowest BCUT2D eigenvalue weighted by Crippen LogP contribution is -2.13. The smallest absolute Gasteiger partial charge is 0.213 e. The van der Waals surface area contributed by atoms with E-state index in [4.69, 9.17) is 20.8 Å². The van der Waals surface area contributed by atoms with Gasteiger partial charge in [-0.2, -0.15) is 0 Å². The number of nitrogens with zero attached hydrogens (tertiary/aromatic N) is 2. The summed E-state index contributed by atoms with van der Waals surface area (Å²) in [5.41, 5.74) is 5.87. The van der Waals surface area contributed by atoms with E-state index in [1.54, 1.807) is 12.1 Å². The first kappa shape index (κ1) is 11.3. The highest BCUT2D eigenvalue weighted by molar-refractivity contribution is 5.96. The summed E-state index contributed by atoms with van der Waals surface area (Å²) in [6.45, 7) is 0.495. The quantitative estimate of drug-likeness (QED) is 0.208. The average molecular weight is 211 g/mol. The molecule has 6 heteroatoms. The standard InChI is InChI=1S/C9H13N3O3/c10-9(12-14)7-2-3-8(11-6-7)15-5-1-4-13/h2-3,6,13-14H,1,4-5H2,(H2,10,12). The molecule has 0 aromatic carbocycles. The van der Waals surface area contributed by atoms with E-state index in [1.165, 1.54) is 6.20 Å². The van der Waals surface area contributed by atoms with Crippen LogP contribution in [0.25, 0.3) is 0 Å². The molecule has 0 unspecified atom stereocenters. The highest BCUT2D eigenvalue weighted by atomic mass is 16.5. The zero-order valence-corrected chi connectivity index (χ0v) is 8.13. The monoisotopic (exact) mass is 211 g/mol. The van der Waals surface area contributed by atoms with Crippen molar-refractivity contribution >= 4 is 5.84 Å². The topological polar surface area (TPSA) is 101 Å². The fourth-order valence-electron chi connectivity index (χ4n) is 0.916. The van der Waals surface area contributed by atoms with Gasteiger partial charge < -0.3 is 20.8 Å². The average Bonchev–Trinajstić information content (AvgIpc) is 2.29. The fourth-order valence-corrected chi connectivity index (χ4v) is 0.916. The maximum Gasteiger partial charge on any atom is 0.213 e. The molecule has 0 aliphatic heterocycles. The van der Waals surface area contributed by atoms with Gasteiger partial charge in [-0.05, 0) is 6.07 Å². The van der Waals surface area contributed by atoms with E-state index in [9.17, 15) is 0 Å². The first-order valence-corrected chi connectivity index (χ1v) is 4.45. The SMILES string of the molecule is N/C(=N\O)c1ccc(OCCCO)nc1. The van der Waals surface area contributed by atoms with Crippen molar-refractivity contribution in [2.24, 2.45) is 10.9 Å². The number of hydrogen-bond acceptors (Lipinski definition) is 5. The third kappa shape index (κ3) is 3.43. The van der Waals surface area contributed by atoms with Crippen LogP contribution in [0, 0.1) is 0 Å². The van der Waals surface area contributed by atoms with Crippen molar-refractivity contribution in [1.29, 1.82) is 0 Å². The van der Waals surface area contributed by atoms with Gasteiger partial charge in [-0.15, -0.1) is 0 Å². The largest absolute Gasteiger partial charge is 0.478 e. The lowest BCUT2D eigenvalue weighted by Gasteiger charge is -2.04. The third-order valence-electron chi connectivity index (χ3n) is 1.69. The molecule has 0 aliphatic rings. The Morgan fingerprint density at radius 1 is 1.53 bits per heavy atom. The van der Waals surface area contributed by atoms with Crippen molar-refractivity contribution in [3.63, 3.8) is 0 Å². The number of ether oxygens (including phenoxy) is 1. The van der Waals surface area contributed by atoms with Crippen LogP contribution < -0.4 is 10.5 Å². The van der Waals surface area contributed by atoms with Crippen LogP contribution in [0.1, 0.15) is 12.0 Å². The second-order valence-electron chi connectivity index (χ2n) is 2.80. The maximum atomic E-state index is 8.53. The minimum absolute atomic E-state index is 0.00408. The minimum atomic E-state index is 0.00408. The van der Waals surface area contributed by atoms with E-state index < -0.39 is 0 Å². The van der Waals surface area contributed by atoms with E-state index in [0.717, 1.165) is 0 Å². The number of nitrogens with two attached hydrogens (primary N) is 1. The van der Waals surface area contributed by atoms with Crippen LogP contribution in [0.5, 0.6) is 5.88 Å². The summed E-state index contributed by atoms with van der Waals surface area (Å²) in [6, 6.07) is 3.25. The lowest BCUT2D eigenvalue weighted by atomic mass is 10.3. The first-order chi connectivity index (χ1) is 7.27. The van der Waals surface area contributed by atoms with Gasteiger partial charge in [0.1, 0.15) is 0 Å². The van der Waals surface area contributed by atoms with Gasteiger partial charge in [0.05, 0.1) is 6.61 Å². The van der Waals surface area contributed by atoms with Crippen LogP contribution in [-0.2, 0) is 0 Å². The zero-order chi connectivity index (χ0) is 11.1. The van der Waals surface area contributed by atoms with Crippen molar-refractivity contribution in [2.75, 3.05) is 13.2 Å². The molecule has 0 saturated heterocycles. The normalized spacial score (nSPS) is 11.4. The van der Waals surface area contributed by atoms with Gasteiger partial charge in [0.15, 0.2) is 5.84 Å². The van der Waals surface area contributed by atoms with E-state index >= 15 is 0 Å². The summed E-state index contributed by atoms with van der Waals surface area (Å²) in [6.07, 6.45) is 2.01. The fraction of sp³-hybridized carbons (Fsp3) is 0.333. The van der Waals surface area contributed by atoms with Gasteiger partial charge in [0.25, 0.3) is 0 Å². The van der Waals surface area contributed by atoms with Crippen LogP contribution in [0.15, 0.2) is 23.5 Å². The van der Waals surface area contributed by atoms with Gasteiger partial charge in [-0.3, -0.25) is 0 Å². The molecule has 15 heavy (non-hydrogen) atoms. The molecular weight excluding hydrogens is 198 g/mol. The van der Waals surface area contributed by atoms with Gasteiger partial charge in [-0.1, -0.05) is 5.16 Å². The minimum Gasteiger partial charge on any atom is -0.478 e. The Morgan fingerprint density at radius 3 is 2.87 bits per heavy atom. The second kappa shape index (κ2) is 5.82. The molecule has 0 fully saturated rings. The van der Waals surface area contributed by atoms with Crippen molar-refractivity contribution in [3.8, 4) is 5.88 Å². The molecule has 0 spiro atoms. The summed E-state index contributed by atoms with van der Waals surface area (Å²) < 4.78 is 5.20. The Labute approximate surface area is 87.0 Å². The van der Waals surface area contributed by atoms with Crippen molar-refractivity contribution in [2.45, 2.75) is 6.42 Å². The molecule has 0 amide bonds. The van der Waals surface area contributed by atoms with Crippen LogP contribution in [-0.4, -0.2) is 34.3 Å². The predicted octanol–water partition coefficient (Wildman–Crippen LogP) is -0.0627. The van der Waals surface area contributed by atoms with Crippen LogP contribution in [0.3, 0.4) is 0 Å². The van der Waals surface area contributed by atoms with Crippen molar-refractivity contribution in [3.05, 3.63) is 23.9 Å². The number of rotatable bonds is 5. The Hall–Kier alpha value is -1.82. The number of amidine groups is 1. The van der Waals surface area contributed by atoms with Gasteiger partial charge >= 0.3 is 0 Å². The molecule has 1 heterocycles. The first-order valence-electron chi connectivity index (χ1n) is 4.45. The highest BCUT2D eigenvalue weighted by Crippen LogP contribution is 2.07. The molecule has 1 aromatic rings. The highest BCUT2D eigenvalue weighted by Gasteiger charge is 2.00. The molecule has 1 aromatic heterocycles. The Morgan fingerprint density at radius 2 is 2.33 bits per heavy atom. The number of aliphatic hydroxyl groups excluding tert-OH is 1. The molecule has 82 valence electrons. The summed E-state index contributed by atoms with van der Waals surface area (Å²) in [5.74, 6) is 0.447. The summed E-state index contributed by atoms with van der Waals surface area (Å²) >= 11 is 0. The summed E-state index contributed by atoms with van der Waals surface area (Å²) in [5, 5.41) is 19.8. The second-order valence-corrected chi connectivity index (χ2v) is 2.80. The van der Waals surface area contributed by atoms with E-state index in [2.05, 4.69) is 10.1 Å². The van der Waals surface area contributed by atoms with Crippen LogP contribution in [0.4, 0.5) is 0 Å². The van der Waals surface area contributed by atoms with Gasteiger partial charge in [0, 0.05) is 30.9 Å². The Kier molecular flexibility index (Phi) is 4.36. The van der Waals surface area contributed by atoms with E-state index in [0.29, 0.717) is 24.5 Å². The van der Waals surface area contributed by atoms with Crippen LogP contribution in [0.2, 0.25) is 0 Å². The number of aliphatic hydroxyl groups is 1.